The summed E-state index contributed by atoms with van der Waals surface area (Å²) in [6.45, 7) is 7.84. The fraction of sp³-hybridized carbons (Fsp3) is 0.824. The zero-order valence-corrected chi connectivity index (χ0v) is 12.2. The standard InChI is InChI=1S/C17H26O2/c1-10(2)17(18)19-16-9-13-6-12-4-5-14(7-12)11(3)15(16)8-13/h11-16H,1,4-9H2,2-3H3. The molecule has 3 aliphatic rings. The fourth-order valence-electron chi connectivity index (χ4n) is 4.88. The molecular weight excluding hydrogens is 236 g/mol. The number of ether oxygens (including phenoxy) is 1. The predicted molar refractivity (Wildman–Crippen MR) is 75.5 cm³/mol. The van der Waals surface area contributed by atoms with Crippen molar-refractivity contribution in [3.8, 4) is 0 Å². The molecule has 2 nitrogen and oxygen atoms in total. The van der Waals surface area contributed by atoms with Crippen LogP contribution in [0, 0.1) is 29.6 Å². The van der Waals surface area contributed by atoms with Crippen LogP contribution in [0.15, 0.2) is 12.2 Å². The molecule has 0 aromatic heterocycles. The van der Waals surface area contributed by atoms with E-state index in [4.69, 9.17) is 4.74 Å². The molecule has 0 spiro atoms. The molecule has 3 fully saturated rings. The predicted octanol–water partition coefficient (Wildman–Crippen LogP) is 3.96. The number of rotatable bonds is 2. The lowest BCUT2D eigenvalue weighted by atomic mass is 9.77. The average molecular weight is 262 g/mol. The zero-order valence-electron chi connectivity index (χ0n) is 12.2. The Morgan fingerprint density at radius 3 is 2.63 bits per heavy atom. The molecule has 6 atom stereocenters. The largest absolute Gasteiger partial charge is 0.459 e. The van der Waals surface area contributed by atoms with Gasteiger partial charge in [0.1, 0.15) is 6.10 Å². The SMILES string of the molecule is C=C(C)C(=O)OC1CC2CC3CCC(C3)C(C)C1C2. The third-order valence-corrected chi connectivity index (χ3v) is 5.92. The topological polar surface area (TPSA) is 26.3 Å². The Hall–Kier alpha value is -0.790. The third kappa shape index (κ3) is 2.46. The molecule has 3 saturated carbocycles. The van der Waals surface area contributed by atoms with Crippen molar-refractivity contribution in [2.75, 3.05) is 0 Å². The molecule has 2 heteroatoms. The number of carbonyl (C=O) groups is 1. The Bertz CT molecular complexity index is 387. The van der Waals surface area contributed by atoms with Gasteiger partial charge in [0, 0.05) is 5.57 Å². The molecule has 0 saturated heterocycles. The minimum Gasteiger partial charge on any atom is -0.459 e. The van der Waals surface area contributed by atoms with Gasteiger partial charge in [-0.3, -0.25) is 0 Å². The van der Waals surface area contributed by atoms with E-state index in [0.29, 0.717) is 11.5 Å². The lowest BCUT2D eigenvalue weighted by Crippen LogP contribution is -2.30. The fourth-order valence-corrected chi connectivity index (χ4v) is 4.88. The van der Waals surface area contributed by atoms with Gasteiger partial charge >= 0.3 is 5.97 Å². The van der Waals surface area contributed by atoms with E-state index in [1.54, 1.807) is 6.92 Å². The maximum absolute atomic E-state index is 11.8. The molecule has 0 radical (unpaired) electrons. The summed E-state index contributed by atoms with van der Waals surface area (Å²) in [4.78, 5) is 11.8. The Morgan fingerprint density at radius 2 is 1.89 bits per heavy atom. The van der Waals surface area contributed by atoms with Gasteiger partial charge in [0.25, 0.3) is 0 Å². The first-order valence-corrected chi connectivity index (χ1v) is 7.91. The van der Waals surface area contributed by atoms with Crippen LogP contribution >= 0.6 is 0 Å². The van der Waals surface area contributed by atoms with Crippen LogP contribution in [0.4, 0.5) is 0 Å². The van der Waals surface area contributed by atoms with E-state index in [2.05, 4.69) is 13.5 Å². The molecule has 19 heavy (non-hydrogen) atoms. The Balaban J connectivity index is 1.74. The highest BCUT2D eigenvalue weighted by Crippen LogP contribution is 2.52. The van der Waals surface area contributed by atoms with Gasteiger partial charge in [0.05, 0.1) is 0 Å². The van der Waals surface area contributed by atoms with Crippen molar-refractivity contribution in [2.45, 2.75) is 58.5 Å². The molecule has 3 aliphatic carbocycles. The summed E-state index contributed by atoms with van der Waals surface area (Å²) in [5.74, 6) is 3.75. The smallest absolute Gasteiger partial charge is 0.333 e. The summed E-state index contributed by atoms with van der Waals surface area (Å²) in [6.07, 6.45) is 8.17. The van der Waals surface area contributed by atoms with Crippen molar-refractivity contribution < 1.29 is 9.53 Å². The second-order valence-corrected chi connectivity index (χ2v) is 7.26. The Labute approximate surface area is 116 Å². The second-order valence-electron chi connectivity index (χ2n) is 7.26. The summed E-state index contributed by atoms with van der Waals surface area (Å²) >= 11 is 0. The number of carbonyl (C=O) groups excluding carboxylic acids is 1. The van der Waals surface area contributed by atoms with Crippen LogP contribution in [0.1, 0.15) is 52.4 Å². The number of hydrogen-bond donors (Lipinski definition) is 0. The lowest BCUT2D eigenvalue weighted by molar-refractivity contribution is -0.147. The third-order valence-electron chi connectivity index (χ3n) is 5.92. The van der Waals surface area contributed by atoms with E-state index in [-0.39, 0.29) is 12.1 Å². The second kappa shape index (κ2) is 4.96. The van der Waals surface area contributed by atoms with Crippen molar-refractivity contribution in [2.24, 2.45) is 29.6 Å². The van der Waals surface area contributed by atoms with Crippen LogP contribution in [0.2, 0.25) is 0 Å². The van der Waals surface area contributed by atoms with Crippen LogP contribution in [0.25, 0.3) is 0 Å². The van der Waals surface area contributed by atoms with Crippen LogP contribution in [-0.4, -0.2) is 12.1 Å². The van der Waals surface area contributed by atoms with Gasteiger partial charge in [-0.15, -0.1) is 0 Å². The summed E-state index contributed by atoms with van der Waals surface area (Å²) < 4.78 is 5.74. The van der Waals surface area contributed by atoms with Crippen molar-refractivity contribution in [1.82, 2.24) is 0 Å². The molecule has 106 valence electrons. The monoisotopic (exact) mass is 262 g/mol. The number of esters is 1. The molecular formula is C17H26O2. The minimum absolute atomic E-state index is 0.156. The lowest BCUT2D eigenvalue weighted by Gasteiger charge is -2.31. The molecule has 0 aliphatic heterocycles. The van der Waals surface area contributed by atoms with E-state index < -0.39 is 0 Å². The molecule has 6 unspecified atom stereocenters. The molecule has 4 bridgehead atoms. The molecule has 0 aromatic carbocycles. The number of hydrogen-bond acceptors (Lipinski definition) is 2. The van der Waals surface area contributed by atoms with Crippen molar-refractivity contribution in [3.05, 3.63) is 12.2 Å². The van der Waals surface area contributed by atoms with E-state index in [0.717, 1.165) is 30.1 Å². The van der Waals surface area contributed by atoms with E-state index in [1.807, 2.05) is 0 Å². The van der Waals surface area contributed by atoms with Gasteiger partial charge in [0.15, 0.2) is 0 Å². The van der Waals surface area contributed by atoms with E-state index in [1.165, 1.54) is 32.1 Å². The maximum Gasteiger partial charge on any atom is 0.333 e. The Morgan fingerprint density at radius 1 is 1.11 bits per heavy atom. The van der Waals surface area contributed by atoms with E-state index >= 15 is 0 Å². The highest BCUT2D eigenvalue weighted by Gasteiger charge is 2.46. The first kappa shape index (κ1) is 13.2. The summed E-state index contributed by atoms with van der Waals surface area (Å²) in [7, 11) is 0. The summed E-state index contributed by atoms with van der Waals surface area (Å²) in [5, 5.41) is 0. The maximum atomic E-state index is 11.8. The molecule has 0 aromatic rings. The number of fused-ring (bicyclic) bond motifs is 4. The molecule has 0 amide bonds. The minimum atomic E-state index is -0.188. The molecule has 0 N–H and O–H groups in total. The molecule has 0 heterocycles. The zero-order chi connectivity index (χ0) is 13.6. The van der Waals surface area contributed by atoms with Gasteiger partial charge in [0.2, 0.25) is 0 Å². The first-order valence-electron chi connectivity index (χ1n) is 7.91. The van der Waals surface area contributed by atoms with Crippen molar-refractivity contribution in [1.29, 1.82) is 0 Å². The molecule has 3 rings (SSSR count). The van der Waals surface area contributed by atoms with Crippen molar-refractivity contribution >= 4 is 5.97 Å². The van der Waals surface area contributed by atoms with E-state index in [9.17, 15) is 4.79 Å². The average Bonchev–Trinajstić information content (AvgIpc) is 2.96. The highest BCUT2D eigenvalue weighted by molar-refractivity contribution is 5.87. The van der Waals surface area contributed by atoms with Gasteiger partial charge in [-0.1, -0.05) is 19.9 Å². The quantitative estimate of drug-likeness (QED) is 0.556. The van der Waals surface area contributed by atoms with Crippen LogP contribution in [-0.2, 0) is 9.53 Å². The summed E-state index contributed by atoms with van der Waals surface area (Å²) in [6, 6.07) is 0. The van der Waals surface area contributed by atoms with Gasteiger partial charge in [-0.25, -0.2) is 4.79 Å². The van der Waals surface area contributed by atoms with Crippen molar-refractivity contribution in [3.63, 3.8) is 0 Å². The van der Waals surface area contributed by atoms with Gasteiger partial charge < -0.3 is 4.74 Å². The summed E-state index contributed by atoms with van der Waals surface area (Å²) in [5.41, 5.74) is 0.534. The van der Waals surface area contributed by atoms with Crippen LogP contribution in [0.3, 0.4) is 0 Å². The Kier molecular flexibility index (Phi) is 3.44. The highest BCUT2D eigenvalue weighted by atomic mass is 16.5. The first-order chi connectivity index (χ1) is 9.04. The van der Waals surface area contributed by atoms with Gasteiger partial charge in [-0.05, 0) is 68.6 Å². The van der Waals surface area contributed by atoms with Crippen LogP contribution in [0.5, 0.6) is 0 Å². The van der Waals surface area contributed by atoms with Crippen LogP contribution < -0.4 is 0 Å². The van der Waals surface area contributed by atoms with Gasteiger partial charge in [-0.2, -0.15) is 0 Å². The normalized spacial score (nSPS) is 44.5.